The molecule has 0 saturated carbocycles. The molecule has 0 aliphatic heterocycles. The summed E-state index contributed by atoms with van der Waals surface area (Å²) in [6, 6.07) is 13.6. The lowest BCUT2D eigenvalue weighted by Gasteiger charge is -2.23. The maximum atomic E-state index is 12.2. The van der Waals surface area contributed by atoms with E-state index in [0.717, 1.165) is 29.7 Å². The van der Waals surface area contributed by atoms with Gasteiger partial charge in [-0.25, -0.2) is 8.42 Å². The van der Waals surface area contributed by atoms with E-state index in [2.05, 4.69) is 5.32 Å². The number of ether oxygens (including phenoxy) is 1. The summed E-state index contributed by atoms with van der Waals surface area (Å²) < 4.78 is 31.1. The van der Waals surface area contributed by atoms with Crippen molar-refractivity contribution in [3.05, 3.63) is 59.2 Å². The Hall–Kier alpha value is -2.54. The fourth-order valence-electron chi connectivity index (χ4n) is 3.40. The molecule has 1 amide bonds. The van der Waals surface area contributed by atoms with E-state index in [0.29, 0.717) is 18.7 Å². The van der Waals surface area contributed by atoms with Crippen LogP contribution in [0.2, 0.25) is 0 Å². The summed E-state index contributed by atoms with van der Waals surface area (Å²) in [5.41, 5.74) is 3.83. The summed E-state index contributed by atoms with van der Waals surface area (Å²) >= 11 is 0. The molecule has 0 aromatic heterocycles. The number of carbonyl (C=O) groups is 1. The maximum Gasteiger partial charge on any atom is 0.232 e. The maximum absolute atomic E-state index is 12.2. The first-order chi connectivity index (χ1) is 14.2. The van der Waals surface area contributed by atoms with Crippen molar-refractivity contribution in [2.45, 2.75) is 39.5 Å². The van der Waals surface area contributed by atoms with Crippen LogP contribution in [0, 0.1) is 13.8 Å². The molecule has 0 saturated heterocycles. The second-order valence-corrected chi connectivity index (χ2v) is 9.50. The Balaban J connectivity index is 1.78. The molecule has 0 aliphatic rings. The molecule has 0 aliphatic carbocycles. The minimum Gasteiger partial charge on any atom is -0.497 e. The van der Waals surface area contributed by atoms with Gasteiger partial charge >= 0.3 is 0 Å². The molecular formula is C23H32N2O4S. The van der Waals surface area contributed by atoms with Gasteiger partial charge in [0.25, 0.3) is 0 Å². The highest BCUT2D eigenvalue weighted by Gasteiger charge is 2.18. The van der Waals surface area contributed by atoms with Gasteiger partial charge in [0.2, 0.25) is 15.9 Å². The predicted molar refractivity (Wildman–Crippen MR) is 122 cm³/mol. The number of amides is 1. The van der Waals surface area contributed by atoms with Crippen molar-refractivity contribution in [1.29, 1.82) is 0 Å². The molecule has 2 aromatic carbocycles. The number of aryl methyl sites for hydroxylation is 3. The van der Waals surface area contributed by atoms with Gasteiger partial charge in [0.15, 0.2) is 0 Å². The van der Waals surface area contributed by atoms with Gasteiger partial charge in [-0.2, -0.15) is 0 Å². The smallest absolute Gasteiger partial charge is 0.232 e. The van der Waals surface area contributed by atoms with Gasteiger partial charge in [0, 0.05) is 19.5 Å². The topological polar surface area (TPSA) is 75.7 Å². The zero-order chi connectivity index (χ0) is 22.1. The van der Waals surface area contributed by atoms with Gasteiger partial charge in [-0.15, -0.1) is 0 Å². The zero-order valence-electron chi connectivity index (χ0n) is 18.3. The average Bonchev–Trinajstić information content (AvgIpc) is 2.67. The van der Waals surface area contributed by atoms with Crippen molar-refractivity contribution < 1.29 is 17.9 Å². The van der Waals surface area contributed by atoms with E-state index in [1.807, 2.05) is 56.3 Å². The number of methoxy groups -OCH3 is 1. The molecule has 30 heavy (non-hydrogen) atoms. The largest absolute Gasteiger partial charge is 0.497 e. The number of hydrogen-bond donors (Lipinski definition) is 1. The summed E-state index contributed by atoms with van der Waals surface area (Å²) in [5.74, 6) is 0.769. The predicted octanol–water partition coefficient (Wildman–Crippen LogP) is 3.61. The van der Waals surface area contributed by atoms with Gasteiger partial charge in [0.05, 0.1) is 19.1 Å². The first-order valence-electron chi connectivity index (χ1n) is 10.1. The van der Waals surface area contributed by atoms with E-state index >= 15 is 0 Å². The van der Waals surface area contributed by atoms with Crippen molar-refractivity contribution >= 4 is 21.6 Å². The first kappa shape index (κ1) is 23.7. The molecule has 0 atom stereocenters. The van der Waals surface area contributed by atoms with Crippen molar-refractivity contribution in [3.8, 4) is 5.75 Å². The Morgan fingerprint density at radius 3 is 2.40 bits per heavy atom. The lowest BCUT2D eigenvalue weighted by Crippen LogP contribution is -2.32. The Bertz CT molecular complexity index is 937. The molecule has 7 heteroatoms. The third-order valence-corrected chi connectivity index (χ3v) is 5.95. The summed E-state index contributed by atoms with van der Waals surface area (Å²) in [4.78, 5) is 12.1. The minimum absolute atomic E-state index is 0.0606. The average molecular weight is 433 g/mol. The van der Waals surface area contributed by atoms with E-state index in [-0.39, 0.29) is 18.9 Å². The summed E-state index contributed by atoms with van der Waals surface area (Å²) in [6.45, 7) is 4.74. The molecule has 0 radical (unpaired) electrons. The van der Waals surface area contributed by atoms with Gasteiger partial charge in [-0.1, -0.05) is 18.2 Å². The zero-order valence-corrected chi connectivity index (χ0v) is 19.1. The first-order valence-corrected chi connectivity index (χ1v) is 12.0. The molecule has 0 spiro atoms. The molecular weight excluding hydrogens is 400 g/mol. The Kier molecular flexibility index (Phi) is 8.72. The van der Waals surface area contributed by atoms with Crippen LogP contribution in [0.5, 0.6) is 5.75 Å². The highest BCUT2D eigenvalue weighted by molar-refractivity contribution is 7.92. The highest BCUT2D eigenvalue weighted by atomic mass is 32.2. The number of nitrogens with zero attached hydrogens (tertiary/aromatic N) is 1. The van der Waals surface area contributed by atoms with Crippen LogP contribution in [0.15, 0.2) is 42.5 Å². The van der Waals surface area contributed by atoms with Crippen LogP contribution in [0.25, 0.3) is 0 Å². The lowest BCUT2D eigenvalue weighted by molar-refractivity contribution is -0.121. The molecule has 0 unspecified atom stereocenters. The molecule has 0 fully saturated rings. The molecule has 0 heterocycles. The standard InChI is InChI=1S/C23H32N2O4S/c1-18-14-19(2)16-21(15-18)25(30(4,27)28)13-7-11-23(26)24-12-6-9-20-8-5-10-22(17-20)29-3/h5,8,10,14-17H,6-7,9,11-13H2,1-4H3,(H,24,26). The van der Waals surface area contributed by atoms with E-state index < -0.39 is 10.0 Å². The molecule has 1 N–H and O–H groups in total. The van der Waals surface area contributed by atoms with E-state index in [9.17, 15) is 13.2 Å². The normalized spacial score (nSPS) is 11.2. The molecule has 2 rings (SSSR count). The van der Waals surface area contributed by atoms with Crippen LogP contribution in [0.3, 0.4) is 0 Å². The second-order valence-electron chi connectivity index (χ2n) is 7.59. The van der Waals surface area contributed by atoms with Crippen molar-refractivity contribution in [2.24, 2.45) is 0 Å². The molecule has 164 valence electrons. The third-order valence-electron chi connectivity index (χ3n) is 4.76. The number of anilines is 1. The Morgan fingerprint density at radius 2 is 1.77 bits per heavy atom. The Morgan fingerprint density at radius 1 is 1.07 bits per heavy atom. The number of rotatable bonds is 11. The SMILES string of the molecule is COc1cccc(CCCNC(=O)CCCN(c2cc(C)cc(C)c2)S(C)(=O)=O)c1. The van der Waals surface area contributed by atoms with Crippen LogP contribution in [-0.2, 0) is 21.2 Å². The minimum atomic E-state index is -3.42. The van der Waals surface area contributed by atoms with Crippen LogP contribution >= 0.6 is 0 Å². The highest BCUT2D eigenvalue weighted by Crippen LogP contribution is 2.22. The number of benzene rings is 2. The number of hydrogen-bond acceptors (Lipinski definition) is 4. The van der Waals surface area contributed by atoms with Gasteiger partial charge < -0.3 is 10.1 Å². The van der Waals surface area contributed by atoms with E-state index in [1.54, 1.807) is 7.11 Å². The van der Waals surface area contributed by atoms with Crippen LogP contribution < -0.4 is 14.4 Å². The van der Waals surface area contributed by atoms with Gasteiger partial charge in [-0.3, -0.25) is 9.10 Å². The number of carbonyl (C=O) groups excluding carboxylic acids is 1. The second kappa shape index (κ2) is 11.0. The van der Waals surface area contributed by atoms with Crippen molar-refractivity contribution in [2.75, 3.05) is 30.8 Å². The quantitative estimate of drug-likeness (QED) is 0.551. The summed E-state index contributed by atoms with van der Waals surface area (Å²) in [5, 5.41) is 2.91. The monoisotopic (exact) mass is 432 g/mol. The van der Waals surface area contributed by atoms with Gasteiger partial charge in [-0.05, 0) is 74.1 Å². The van der Waals surface area contributed by atoms with E-state index in [1.165, 1.54) is 16.1 Å². The van der Waals surface area contributed by atoms with E-state index in [4.69, 9.17) is 4.74 Å². The number of sulfonamides is 1. The van der Waals surface area contributed by atoms with Crippen LogP contribution in [0.4, 0.5) is 5.69 Å². The van der Waals surface area contributed by atoms with Crippen LogP contribution in [-0.4, -0.2) is 40.8 Å². The fraction of sp³-hybridized carbons (Fsp3) is 0.435. The fourth-order valence-corrected chi connectivity index (χ4v) is 4.35. The Labute approximate surface area is 180 Å². The lowest BCUT2D eigenvalue weighted by atomic mass is 10.1. The third kappa shape index (κ3) is 7.71. The van der Waals surface area contributed by atoms with Crippen molar-refractivity contribution in [3.63, 3.8) is 0 Å². The molecule has 2 aromatic rings. The van der Waals surface area contributed by atoms with Gasteiger partial charge in [0.1, 0.15) is 5.75 Å². The summed E-state index contributed by atoms with van der Waals surface area (Å²) in [6.07, 6.45) is 3.63. The molecule has 0 bridgehead atoms. The summed E-state index contributed by atoms with van der Waals surface area (Å²) in [7, 11) is -1.77. The number of nitrogens with one attached hydrogen (secondary N) is 1. The van der Waals surface area contributed by atoms with Crippen molar-refractivity contribution in [1.82, 2.24) is 5.32 Å². The van der Waals surface area contributed by atoms with Crippen LogP contribution in [0.1, 0.15) is 36.0 Å². The molecule has 6 nitrogen and oxygen atoms in total.